The molecule has 2 N–H and O–H groups in total. The van der Waals surface area contributed by atoms with Gasteiger partial charge in [0.2, 0.25) is 0 Å². The molecule has 0 radical (unpaired) electrons. The third-order valence-corrected chi connectivity index (χ3v) is 1.62. The number of hydrogen-bond donors (Lipinski definition) is 1. The molecule has 0 saturated carbocycles. The Kier molecular flexibility index (Phi) is 5.98. The smallest absolute Gasteiger partial charge is 0.119 e. The van der Waals surface area contributed by atoms with Crippen LogP contribution in [0.3, 0.4) is 0 Å². The zero-order valence-electron chi connectivity index (χ0n) is 8.87. The summed E-state index contributed by atoms with van der Waals surface area (Å²) in [6.07, 6.45) is 0. The molecule has 1 atom stereocenters. The number of rotatable bonds is 2. The molecule has 2 nitrogen and oxygen atoms in total. The molecule has 0 heterocycles. The van der Waals surface area contributed by atoms with Crippen molar-refractivity contribution >= 4 is 0 Å². The summed E-state index contributed by atoms with van der Waals surface area (Å²) in [5.74, 6) is 0.861. The van der Waals surface area contributed by atoms with Crippen molar-refractivity contribution in [1.29, 1.82) is 0 Å². The van der Waals surface area contributed by atoms with Crippen LogP contribution in [-0.2, 0) is 0 Å². The minimum atomic E-state index is 0.0742. The van der Waals surface area contributed by atoms with Gasteiger partial charge in [0.25, 0.3) is 0 Å². The van der Waals surface area contributed by atoms with Crippen LogP contribution in [0.25, 0.3) is 0 Å². The summed E-state index contributed by atoms with van der Waals surface area (Å²) < 4.78 is 5.05. The zero-order valence-corrected chi connectivity index (χ0v) is 8.87. The Morgan fingerprint density at radius 3 is 2.38 bits per heavy atom. The minimum Gasteiger partial charge on any atom is -0.497 e. The highest BCUT2D eigenvalue weighted by atomic mass is 16.5. The van der Waals surface area contributed by atoms with Crippen LogP contribution in [0.1, 0.15) is 32.4 Å². The average Bonchev–Trinajstić information content (AvgIpc) is 2.21. The second-order valence-corrected chi connectivity index (χ2v) is 2.57. The largest absolute Gasteiger partial charge is 0.497 e. The molecular formula is C11H19NO. The van der Waals surface area contributed by atoms with Crippen LogP contribution in [0.4, 0.5) is 0 Å². The van der Waals surface area contributed by atoms with Crippen molar-refractivity contribution in [2.75, 3.05) is 7.11 Å². The van der Waals surface area contributed by atoms with Gasteiger partial charge in [-0.2, -0.15) is 0 Å². The fourth-order valence-electron chi connectivity index (χ4n) is 0.925. The van der Waals surface area contributed by atoms with E-state index >= 15 is 0 Å². The molecule has 0 spiro atoms. The molecule has 13 heavy (non-hydrogen) atoms. The molecule has 0 fully saturated rings. The first kappa shape index (κ1) is 12.0. The Morgan fingerprint density at radius 2 is 1.92 bits per heavy atom. The fourth-order valence-corrected chi connectivity index (χ4v) is 0.925. The van der Waals surface area contributed by atoms with Crippen LogP contribution < -0.4 is 10.5 Å². The predicted octanol–water partition coefficient (Wildman–Crippen LogP) is 2.74. The second-order valence-electron chi connectivity index (χ2n) is 2.57. The summed E-state index contributed by atoms with van der Waals surface area (Å²) in [6.45, 7) is 5.95. The molecule has 0 aromatic heterocycles. The maximum absolute atomic E-state index is 5.68. The molecule has 0 saturated heterocycles. The monoisotopic (exact) mass is 181 g/mol. The normalized spacial score (nSPS) is 11.2. The van der Waals surface area contributed by atoms with Crippen LogP contribution in [-0.4, -0.2) is 7.11 Å². The molecule has 2 heteroatoms. The van der Waals surface area contributed by atoms with Gasteiger partial charge >= 0.3 is 0 Å². The van der Waals surface area contributed by atoms with Gasteiger partial charge in [-0.25, -0.2) is 0 Å². The van der Waals surface area contributed by atoms with Crippen LogP contribution in [0, 0.1) is 0 Å². The van der Waals surface area contributed by atoms with E-state index in [9.17, 15) is 0 Å². The van der Waals surface area contributed by atoms with Crippen molar-refractivity contribution in [2.45, 2.75) is 26.8 Å². The summed E-state index contributed by atoms with van der Waals surface area (Å²) in [5, 5.41) is 0. The SMILES string of the molecule is CC.COc1cccc(C(C)N)c1. The van der Waals surface area contributed by atoms with Gasteiger partial charge in [-0.15, -0.1) is 0 Å². The molecule has 0 bridgehead atoms. The van der Waals surface area contributed by atoms with E-state index in [1.807, 2.05) is 45.0 Å². The molecule has 0 amide bonds. The van der Waals surface area contributed by atoms with Crippen LogP contribution >= 0.6 is 0 Å². The van der Waals surface area contributed by atoms with Gasteiger partial charge in [0.15, 0.2) is 0 Å². The standard InChI is InChI=1S/C9H13NO.C2H6/c1-7(10)8-4-3-5-9(6-8)11-2;1-2/h3-7H,10H2,1-2H3;1-2H3. The van der Waals surface area contributed by atoms with Gasteiger partial charge in [-0.3, -0.25) is 0 Å². The van der Waals surface area contributed by atoms with E-state index in [0.717, 1.165) is 11.3 Å². The van der Waals surface area contributed by atoms with E-state index in [0.29, 0.717) is 0 Å². The molecular weight excluding hydrogens is 162 g/mol. The highest BCUT2D eigenvalue weighted by molar-refractivity contribution is 5.29. The van der Waals surface area contributed by atoms with Crippen LogP contribution in [0.5, 0.6) is 5.75 Å². The van der Waals surface area contributed by atoms with Crippen molar-refractivity contribution in [3.63, 3.8) is 0 Å². The summed E-state index contributed by atoms with van der Waals surface area (Å²) >= 11 is 0. The third-order valence-electron chi connectivity index (χ3n) is 1.62. The highest BCUT2D eigenvalue weighted by Crippen LogP contribution is 2.16. The molecule has 74 valence electrons. The van der Waals surface area contributed by atoms with Gasteiger partial charge in [0, 0.05) is 6.04 Å². The van der Waals surface area contributed by atoms with Gasteiger partial charge in [-0.05, 0) is 24.6 Å². The Bertz CT molecular complexity index is 233. The van der Waals surface area contributed by atoms with Crippen molar-refractivity contribution in [2.24, 2.45) is 5.73 Å². The first-order valence-corrected chi connectivity index (χ1v) is 4.63. The van der Waals surface area contributed by atoms with Crippen LogP contribution in [0.15, 0.2) is 24.3 Å². The molecule has 0 aliphatic carbocycles. The predicted molar refractivity (Wildman–Crippen MR) is 56.9 cm³/mol. The second kappa shape index (κ2) is 6.49. The first-order chi connectivity index (χ1) is 6.24. The lowest BCUT2D eigenvalue weighted by atomic mass is 10.1. The number of benzene rings is 1. The summed E-state index contributed by atoms with van der Waals surface area (Å²) in [6, 6.07) is 7.87. The Hall–Kier alpha value is -1.02. The number of hydrogen-bond acceptors (Lipinski definition) is 2. The Morgan fingerprint density at radius 1 is 1.31 bits per heavy atom. The maximum Gasteiger partial charge on any atom is 0.119 e. The lowest BCUT2D eigenvalue weighted by molar-refractivity contribution is 0.414. The lowest BCUT2D eigenvalue weighted by Crippen LogP contribution is -2.04. The van der Waals surface area contributed by atoms with E-state index < -0.39 is 0 Å². The molecule has 0 aliphatic rings. The quantitative estimate of drug-likeness (QED) is 0.761. The minimum absolute atomic E-state index is 0.0742. The molecule has 1 aromatic carbocycles. The van der Waals surface area contributed by atoms with E-state index in [-0.39, 0.29) is 6.04 Å². The number of ether oxygens (including phenoxy) is 1. The van der Waals surface area contributed by atoms with E-state index in [1.54, 1.807) is 7.11 Å². The van der Waals surface area contributed by atoms with Gasteiger partial charge in [-0.1, -0.05) is 26.0 Å². The van der Waals surface area contributed by atoms with Crippen molar-refractivity contribution in [1.82, 2.24) is 0 Å². The third kappa shape index (κ3) is 3.95. The molecule has 1 aromatic rings. The topological polar surface area (TPSA) is 35.2 Å². The van der Waals surface area contributed by atoms with Crippen molar-refractivity contribution in [3.8, 4) is 5.75 Å². The molecule has 0 aliphatic heterocycles. The first-order valence-electron chi connectivity index (χ1n) is 4.63. The van der Waals surface area contributed by atoms with Crippen molar-refractivity contribution in [3.05, 3.63) is 29.8 Å². The Labute approximate surface area is 80.7 Å². The van der Waals surface area contributed by atoms with Gasteiger partial charge in [0.05, 0.1) is 7.11 Å². The van der Waals surface area contributed by atoms with Crippen LogP contribution in [0.2, 0.25) is 0 Å². The lowest BCUT2D eigenvalue weighted by Gasteiger charge is -2.06. The van der Waals surface area contributed by atoms with Gasteiger partial charge in [0.1, 0.15) is 5.75 Å². The molecule has 1 unspecified atom stereocenters. The van der Waals surface area contributed by atoms with E-state index in [2.05, 4.69) is 0 Å². The molecule has 1 rings (SSSR count). The summed E-state index contributed by atoms with van der Waals surface area (Å²) in [4.78, 5) is 0. The van der Waals surface area contributed by atoms with Gasteiger partial charge < -0.3 is 10.5 Å². The zero-order chi connectivity index (χ0) is 10.3. The van der Waals surface area contributed by atoms with E-state index in [4.69, 9.17) is 10.5 Å². The number of nitrogens with two attached hydrogens (primary N) is 1. The van der Waals surface area contributed by atoms with Crippen molar-refractivity contribution < 1.29 is 4.74 Å². The fraction of sp³-hybridized carbons (Fsp3) is 0.455. The summed E-state index contributed by atoms with van der Waals surface area (Å²) in [7, 11) is 1.65. The summed E-state index contributed by atoms with van der Waals surface area (Å²) in [5.41, 5.74) is 6.78. The average molecular weight is 181 g/mol. The maximum atomic E-state index is 5.68. The number of methoxy groups -OCH3 is 1. The van der Waals surface area contributed by atoms with E-state index in [1.165, 1.54) is 0 Å². The Balaban J connectivity index is 0.000000671. The highest BCUT2D eigenvalue weighted by Gasteiger charge is 1.98.